The number of carboxylic acids is 1. The summed E-state index contributed by atoms with van der Waals surface area (Å²) >= 11 is 0. The largest absolute Gasteiger partial charge is 0.481 e. The van der Waals surface area contributed by atoms with Gasteiger partial charge in [-0.1, -0.05) is 48.5 Å². The molecule has 2 aliphatic rings. The van der Waals surface area contributed by atoms with Crippen molar-refractivity contribution in [2.24, 2.45) is 0 Å². The number of carbonyl (C=O) groups is 3. The van der Waals surface area contributed by atoms with Crippen LogP contribution in [0.1, 0.15) is 49.7 Å². The Balaban J connectivity index is 1.40. The minimum Gasteiger partial charge on any atom is -0.481 e. The molecule has 2 aromatic rings. The predicted octanol–water partition coefficient (Wildman–Crippen LogP) is 3.44. The fraction of sp³-hybridized carbons (Fsp3) is 0.423. The van der Waals surface area contributed by atoms with Gasteiger partial charge in [-0.2, -0.15) is 0 Å². The number of amides is 2. The quantitative estimate of drug-likeness (QED) is 0.549. The molecule has 34 heavy (non-hydrogen) atoms. The van der Waals surface area contributed by atoms with Gasteiger partial charge in [0.1, 0.15) is 6.61 Å². The van der Waals surface area contributed by atoms with Crippen LogP contribution in [0.25, 0.3) is 11.1 Å². The van der Waals surface area contributed by atoms with Gasteiger partial charge in [0.15, 0.2) is 0 Å². The lowest BCUT2D eigenvalue weighted by molar-refractivity contribution is -0.137. The molecule has 0 bridgehead atoms. The van der Waals surface area contributed by atoms with Gasteiger partial charge in [0.2, 0.25) is 5.91 Å². The SMILES string of the molecule is C[C@H](CC(=O)O)NC(=O)CC1(NC(=O)OCC2c3ccccc3-c3ccccc32)CCOCC1. The number of rotatable bonds is 8. The average Bonchev–Trinajstić information content (AvgIpc) is 3.11. The van der Waals surface area contributed by atoms with E-state index < -0.39 is 23.6 Å². The Labute approximate surface area is 198 Å². The number of carbonyl (C=O) groups excluding carboxylic acids is 2. The zero-order valence-electron chi connectivity index (χ0n) is 19.2. The standard InChI is InChI=1S/C26H30N2O6/c1-17(14-24(30)31)27-23(29)15-26(10-12-33-13-11-26)28-25(32)34-16-22-20-8-4-2-6-18(20)19-7-3-5-9-21(19)22/h2-9,17,22H,10-16H2,1H3,(H,27,29)(H,28,32)(H,30,31)/t17-/m1/s1. The van der Waals surface area contributed by atoms with Crippen molar-refractivity contribution in [3.05, 3.63) is 59.7 Å². The Bertz CT molecular complexity index is 1020. The molecule has 0 saturated carbocycles. The van der Waals surface area contributed by atoms with Crippen LogP contribution >= 0.6 is 0 Å². The highest BCUT2D eigenvalue weighted by atomic mass is 16.5. The zero-order chi connectivity index (χ0) is 24.1. The molecule has 8 heteroatoms. The molecule has 0 unspecified atom stereocenters. The average molecular weight is 467 g/mol. The number of nitrogens with one attached hydrogen (secondary N) is 2. The fourth-order valence-electron chi connectivity index (χ4n) is 4.91. The number of ether oxygens (including phenoxy) is 2. The summed E-state index contributed by atoms with van der Waals surface area (Å²) in [6.07, 6.45) is 0.234. The van der Waals surface area contributed by atoms with E-state index in [1.807, 2.05) is 24.3 Å². The van der Waals surface area contributed by atoms with Crippen molar-refractivity contribution in [2.45, 2.75) is 50.1 Å². The summed E-state index contributed by atoms with van der Waals surface area (Å²) in [5.74, 6) is -1.34. The fourth-order valence-corrected chi connectivity index (χ4v) is 4.91. The summed E-state index contributed by atoms with van der Waals surface area (Å²) in [4.78, 5) is 36.3. The lowest BCUT2D eigenvalue weighted by Gasteiger charge is -2.37. The van der Waals surface area contributed by atoms with Gasteiger partial charge < -0.3 is 25.2 Å². The van der Waals surface area contributed by atoms with E-state index in [1.165, 1.54) is 0 Å². The maximum absolute atomic E-state index is 12.9. The van der Waals surface area contributed by atoms with Gasteiger partial charge in [0.25, 0.3) is 0 Å². The molecule has 1 heterocycles. The van der Waals surface area contributed by atoms with E-state index in [2.05, 4.69) is 34.9 Å². The highest BCUT2D eigenvalue weighted by Crippen LogP contribution is 2.44. The van der Waals surface area contributed by atoms with Crippen LogP contribution in [0, 0.1) is 0 Å². The van der Waals surface area contributed by atoms with Crippen LogP contribution in [0.2, 0.25) is 0 Å². The molecule has 0 radical (unpaired) electrons. The number of aliphatic carboxylic acids is 1. The highest BCUT2D eigenvalue weighted by molar-refractivity contribution is 5.80. The summed E-state index contributed by atoms with van der Waals surface area (Å²) < 4.78 is 11.1. The van der Waals surface area contributed by atoms with Crippen molar-refractivity contribution >= 4 is 18.0 Å². The van der Waals surface area contributed by atoms with E-state index in [1.54, 1.807) is 6.92 Å². The van der Waals surface area contributed by atoms with Gasteiger partial charge in [-0.05, 0) is 42.0 Å². The van der Waals surface area contributed by atoms with E-state index in [0.29, 0.717) is 26.1 Å². The smallest absolute Gasteiger partial charge is 0.407 e. The molecular formula is C26H30N2O6. The highest BCUT2D eigenvalue weighted by Gasteiger charge is 2.38. The van der Waals surface area contributed by atoms with Crippen LogP contribution in [0.5, 0.6) is 0 Å². The van der Waals surface area contributed by atoms with Crippen molar-refractivity contribution in [3.8, 4) is 11.1 Å². The molecule has 180 valence electrons. The maximum Gasteiger partial charge on any atom is 0.407 e. The van der Waals surface area contributed by atoms with Gasteiger partial charge in [0, 0.05) is 31.6 Å². The lowest BCUT2D eigenvalue weighted by atomic mass is 9.86. The van der Waals surface area contributed by atoms with E-state index in [9.17, 15) is 14.4 Å². The molecule has 2 aromatic carbocycles. The molecule has 1 fully saturated rings. The van der Waals surface area contributed by atoms with Gasteiger partial charge in [-0.15, -0.1) is 0 Å². The van der Waals surface area contributed by atoms with Crippen LogP contribution < -0.4 is 10.6 Å². The van der Waals surface area contributed by atoms with Crippen molar-refractivity contribution in [2.75, 3.05) is 19.8 Å². The first-order valence-electron chi connectivity index (χ1n) is 11.6. The molecule has 2 amide bonds. The van der Waals surface area contributed by atoms with Crippen LogP contribution in [-0.2, 0) is 19.1 Å². The summed E-state index contributed by atoms with van der Waals surface area (Å²) in [5, 5.41) is 14.6. The predicted molar refractivity (Wildman–Crippen MR) is 125 cm³/mol. The molecule has 1 atom stereocenters. The molecule has 0 spiro atoms. The summed E-state index contributed by atoms with van der Waals surface area (Å²) in [6, 6.07) is 15.7. The topological polar surface area (TPSA) is 114 Å². The van der Waals surface area contributed by atoms with Crippen molar-refractivity contribution in [1.82, 2.24) is 10.6 Å². The first-order chi connectivity index (χ1) is 16.4. The van der Waals surface area contributed by atoms with E-state index in [-0.39, 0.29) is 31.3 Å². The number of hydrogen-bond donors (Lipinski definition) is 3. The molecule has 1 saturated heterocycles. The number of carboxylic acid groups (broad SMARTS) is 1. The van der Waals surface area contributed by atoms with E-state index in [0.717, 1.165) is 22.3 Å². The van der Waals surface area contributed by atoms with Gasteiger partial charge in [-0.25, -0.2) is 4.79 Å². The Morgan fingerprint density at radius 1 is 1.06 bits per heavy atom. The summed E-state index contributed by atoms with van der Waals surface area (Å²) in [7, 11) is 0. The number of hydrogen-bond acceptors (Lipinski definition) is 5. The maximum atomic E-state index is 12.9. The first-order valence-corrected chi connectivity index (χ1v) is 11.6. The number of benzene rings is 2. The van der Waals surface area contributed by atoms with Gasteiger partial charge in [-0.3, -0.25) is 9.59 Å². The third-order valence-corrected chi connectivity index (χ3v) is 6.55. The molecule has 4 rings (SSSR count). The Kier molecular flexibility index (Phi) is 7.17. The van der Waals surface area contributed by atoms with Gasteiger partial charge >= 0.3 is 12.1 Å². The molecular weight excluding hydrogens is 436 g/mol. The molecule has 1 aliphatic carbocycles. The van der Waals surface area contributed by atoms with Crippen LogP contribution in [0.3, 0.4) is 0 Å². The van der Waals surface area contributed by atoms with Crippen LogP contribution in [0.4, 0.5) is 4.79 Å². The second kappa shape index (κ2) is 10.3. The third-order valence-electron chi connectivity index (χ3n) is 6.55. The minimum atomic E-state index is -0.981. The molecule has 1 aliphatic heterocycles. The van der Waals surface area contributed by atoms with Crippen molar-refractivity contribution in [3.63, 3.8) is 0 Å². The summed E-state index contributed by atoms with van der Waals surface area (Å²) in [6.45, 7) is 2.67. The monoisotopic (exact) mass is 466 g/mol. The van der Waals surface area contributed by atoms with Crippen LogP contribution in [0.15, 0.2) is 48.5 Å². The Morgan fingerprint density at radius 3 is 2.24 bits per heavy atom. The molecule has 8 nitrogen and oxygen atoms in total. The van der Waals surface area contributed by atoms with Crippen LogP contribution in [-0.4, -0.2) is 54.5 Å². The second-order valence-corrected chi connectivity index (χ2v) is 9.09. The normalized spacial score (nSPS) is 17.2. The number of fused-ring (bicyclic) bond motifs is 3. The zero-order valence-corrected chi connectivity index (χ0v) is 19.2. The first kappa shape index (κ1) is 23.8. The van der Waals surface area contributed by atoms with Gasteiger partial charge in [0.05, 0.1) is 12.0 Å². The third kappa shape index (κ3) is 5.39. The Hall–Kier alpha value is -3.39. The molecule has 0 aromatic heterocycles. The van der Waals surface area contributed by atoms with E-state index in [4.69, 9.17) is 14.6 Å². The number of alkyl carbamates (subject to hydrolysis) is 1. The molecule has 3 N–H and O–H groups in total. The lowest BCUT2D eigenvalue weighted by Crippen LogP contribution is -2.55. The van der Waals surface area contributed by atoms with Crippen molar-refractivity contribution < 1.29 is 29.0 Å². The van der Waals surface area contributed by atoms with E-state index >= 15 is 0 Å². The Morgan fingerprint density at radius 2 is 1.65 bits per heavy atom. The summed E-state index contributed by atoms with van der Waals surface area (Å²) in [5.41, 5.74) is 3.77. The van der Waals surface area contributed by atoms with Crippen molar-refractivity contribution in [1.29, 1.82) is 0 Å². The second-order valence-electron chi connectivity index (χ2n) is 9.09. The minimum absolute atomic E-state index is 0.0323.